The van der Waals surface area contributed by atoms with Gasteiger partial charge in [-0.2, -0.15) is 5.26 Å². The lowest BCUT2D eigenvalue weighted by Crippen LogP contribution is -2.31. The Morgan fingerprint density at radius 2 is 2.22 bits per heavy atom. The van der Waals surface area contributed by atoms with E-state index in [-0.39, 0.29) is 6.04 Å². The van der Waals surface area contributed by atoms with Crippen molar-refractivity contribution in [1.29, 1.82) is 5.26 Å². The van der Waals surface area contributed by atoms with Crippen molar-refractivity contribution in [2.75, 3.05) is 13.7 Å². The molecular formula is C14H18N2O2. The van der Waals surface area contributed by atoms with Gasteiger partial charge in [-0.15, -0.1) is 0 Å². The lowest BCUT2D eigenvalue weighted by atomic mass is 10.2. The fourth-order valence-corrected chi connectivity index (χ4v) is 1.71. The fraction of sp³-hybridized carbons (Fsp3) is 0.500. The van der Waals surface area contributed by atoms with E-state index in [1.807, 2.05) is 24.3 Å². The minimum absolute atomic E-state index is 0.108. The van der Waals surface area contributed by atoms with Crippen molar-refractivity contribution < 1.29 is 9.47 Å². The fourth-order valence-electron chi connectivity index (χ4n) is 1.71. The Morgan fingerprint density at radius 3 is 2.89 bits per heavy atom. The molecule has 2 rings (SSSR count). The molecule has 1 atom stereocenters. The van der Waals surface area contributed by atoms with Crippen LogP contribution in [0, 0.1) is 11.3 Å². The molecule has 0 aromatic heterocycles. The number of rotatable bonds is 7. The third-order valence-electron chi connectivity index (χ3n) is 2.89. The number of hydrogen-bond acceptors (Lipinski definition) is 4. The van der Waals surface area contributed by atoms with Gasteiger partial charge in [0.1, 0.15) is 11.5 Å². The van der Waals surface area contributed by atoms with E-state index in [4.69, 9.17) is 14.7 Å². The van der Waals surface area contributed by atoms with Gasteiger partial charge < -0.3 is 9.47 Å². The predicted molar refractivity (Wildman–Crippen MR) is 68.7 cm³/mol. The highest BCUT2D eigenvalue weighted by atomic mass is 16.5. The van der Waals surface area contributed by atoms with Crippen molar-refractivity contribution in [3.8, 4) is 17.6 Å². The standard InChI is InChI=1S/C14H18N2O2/c1-17-13-3-2-4-14(9-13)18-8-7-12(10-15)16-11-5-6-11/h2-4,9,11-12,16H,5-8H2,1H3. The Bertz CT molecular complexity index is 424. The van der Waals surface area contributed by atoms with Gasteiger partial charge in [0.2, 0.25) is 0 Å². The molecule has 1 fully saturated rings. The third-order valence-corrected chi connectivity index (χ3v) is 2.89. The molecular weight excluding hydrogens is 228 g/mol. The Hall–Kier alpha value is -1.73. The van der Waals surface area contributed by atoms with Crippen LogP contribution in [0.1, 0.15) is 19.3 Å². The Labute approximate surface area is 108 Å². The summed E-state index contributed by atoms with van der Waals surface area (Å²) < 4.78 is 10.7. The van der Waals surface area contributed by atoms with Crippen LogP contribution in [0.15, 0.2) is 24.3 Å². The van der Waals surface area contributed by atoms with Crippen LogP contribution in [0.25, 0.3) is 0 Å². The lowest BCUT2D eigenvalue weighted by Gasteiger charge is -2.12. The normalized spacial score (nSPS) is 15.8. The summed E-state index contributed by atoms with van der Waals surface area (Å²) in [5, 5.41) is 12.3. The number of hydrogen-bond donors (Lipinski definition) is 1. The second kappa shape index (κ2) is 6.27. The summed E-state index contributed by atoms with van der Waals surface area (Å²) in [6.07, 6.45) is 3.08. The van der Waals surface area contributed by atoms with E-state index < -0.39 is 0 Å². The number of methoxy groups -OCH3 is 1. The molecule has 0 amide bonds. The van der Waals surface area contributed by atoms with Crippen LogP contribution >= 0.6 is 0 Å². The van der Waals surface area contributed by atoms with Gasteiger partial charge in [-0.3, -0.25) is 5.32 Å². The molecule has 18 heavy (non-hydrogen) atoms. The largest absolute Gasteiger partial charge is 0.497 e. The van der Waals surface area contributed by atoms with E-state index in [0.717, 1.165) is 11.5 Å². The van der Waals surface area contributed by atoms with Gasteiger partial charge in [0.05, 0.1) is 25.8 Å². The second-order valence-electron chi connectivity index (χ2n) is 4.44. The van der Waals surface area contributed by atoms with Gasteiger partial charge in [0, 0.05) is 18.5 Å². The van der Waals surface area contributed by atoms with Crippen LogP contribution in [0.2, 0.25) is 0 Å². The van der Waals surface area contributed by atoms with Crippen LogP contribution in [0.3, 0.4) is 0 Å². The molecule has 0 saturated heterocycles. The summed E-state index contributed by atoms with van der Waals surface area (Å²) in [6.45, 7) is 0.533. The molecule has 1 saturated carbocycles. The summed E-state index contributed by atoms with van der Waals surface area (Å²) in [4.78, 5) is 0. The predicted octanol–water partition coefficient (Wildman–Crippen LogP) is 2.11. The van der Waals surface area contributed by atoms with Crippen LogP contribution in [-0.4, -0.2) is 25.8 Å². The number of nitrogens with one attached hydrogen (secondary N) is 1. The number of ether oxygens (including phenoxy) is 2. The monoisotopic (exact) mass is 246 g/mol. The van der Waals surface area contributed by atoms with E-state index in [9.17, 15) is 0 Å². The third kappa shape index (κ3) is 3.94. The maximum Gasteiger partial charge on any atom is 0.122 e. The van der Waals surface area contributed by atoms with Crippen molar-refractivity contribution >= 4 is 0 Å². The average molecular weight is 246 g/mol. The molecule has 1 aromatic carbocycles. The highest BCUT2D eigenvalue weighted by molar-refractivity contribution is 5.32. The quantitative estimate of drug-likeness (QED) is 0.800. The SMILES string of the molecule is COc1cccc(OCCC(C#N)NC2CC2)c1. The second-order valence-corrected chi connectivity index (χ2v) is 4.44. The zero-order valence-corrected chi connectivity index (χ0v) is 10.6. The van der Waals surface area contributed by atoms with Crippen molar-refractivity contribution in [2.45, 2.75) is 31.3 Å². The minimum Gasteiger partial charge on any atom is -0.497 e. The zero-order chi connectivity index (χ0) is 12.8. The van der Waals surface area contributed by atoms with Gasteiger partial charge >= 0.3 is 0 Å². The van der Waals surface area contributed by atoms with E-state index in [0.29, 0.717) is 19.1 Å². The molecule has 96 valence electrons. The van der Waals surface area contributed by atoms with Crippen LogP contribution in [0.5, 0.6) is 11.5 Å². The minimum atomic E-state index is -0.108. The maximum absolute atomic E-state index is 8.99. The van der Waals surface area contributed by atoms with Gasteiger partial charge in [0.15, 0.2) is 0 Å². The highest BCUT2D eigenvalue weighted by Crippen LogP contribution is 2.21. The van der Waals surface area contributed by atoms with Crippen molar-refractivity contribution in [3.05, 3.63) is 24.3 Å². The van der Waals surface area contributed by atoms with Gasteiger partial charge in [-0.1, -0.05) is 6.07 Å². The number of nitriles is 1. The first-order valence-electron chi connectivity index (χ1n) is 6.24. The molecule has 0 spiro atoms. The smallest absolute Gasteiger partial charge is 0.122 e. The van der Waals surface area contributed by atoms with E-state index in [1.165, 1.54) is 12.8 Å². The van der Waals surface area contributed by atoms with E-state index >= 15 is 0 Å². The Balaban J connectivity index is 1.74. The summed E-state index contributed by atoms with van der Waals surface area (Å²) >= 11 is 0. The summed E-state index contributed by atoms with van der Waals surface area (Å²) in [6, 6.07) is 10.2. The van der Waals surface area contributed by atoms with Gasteiger partial charge in [-0.05, 0) is 25.0 Å². The Kier molecular flexibility index (Phi) is 4.43. The van der Waals surface area contributed by atoms with Crippen molar-refractivity contribution in [1.82, 2.24) is 5.32 Å². The zero-order valence-electron chi connectivity index (χ0n) is 10.6. The number of nitrogens with zero attached hydrogens (tertiary/aromatic N) is 1. The average Bonchev–Trinajstić information content (AvgIpc) is 3.22. The molecule has 0 bridgehead atoms. The first-order chi connectivity index (χ1) is 8.81. The number of benzene rings is 1. The summed E-state index contributed by atoms with van der Waals surface area (Å²) in [5.74, 6) is 1.55. The van der Waals surface area contributed by atoms with E-state index in [2.05, 4.69) is 11.4 Å². The van der Waals surface area contributed by atoms with Gasteiger partial charge in [-0.25, -0.2) is 0 Å². The molecule has 1 N–H and O–H groups in total. The molecule has 0 radical (unpaired) electrons. The summed E-state index contributed by atoms with van der Waals surface area (Å²) in [5.41, 5.74) is 0. The molecule has 1 unspecified atom stereocenters. The first-order valence-corrected chi connectivity index (χ1v) is 6.24. The summed E-state index contributed by atoms with van der Waals surface area (Å²) in [7, 11) is 1.63. The van der Waals surface area contributed by atoms with Crippen molar-refractivity contribution in [3.63, 3.8) is 0 Å². The molecule has 1 aliphatic carbocycles. The molecule has 1 aromatic rings. The van der Waals surface area contributed by atoms with Crippen LogP contribution in [0.4, 0.5) is 0 Å². The molecule has 4 heteroatoms. The molecule has 0 aliphatic heterocycles. The topological polar surface area (TPSA) is 54.3 Å². The lowest BCUT2D eigenvalue weighted by molar-refractivity contribution is 0.295. The van der Waals surface area contributed by atoms with Crippen LogP contribution in [-0.2, 0) is 0 Å². The maximum atomic E-state index is 8.99. The van der Waals surface area contributed by atoms with E-state index in [1.54, 1.807) is 7.11 Å². The Morgan fingerprint density at radius 1 is 1.44 bits per heavy atom. The van der Waals surface area contributed by atoms with Crippen molar-refractivity contribution in [2.24, 2.45) is 0 Å². The molecule has 4 nitrogen and oxygen atoms in total. The first kappa shape index (κ1) is 12.7. The van der Waals surface area contributed by atoms with Gasteiger partial charge in [0.25, 0.3) is 0 Å². The molecule has 1 aliphatic rings. The van der Waals surface area contributed by atoms with Crippen LogP contribution < -0.4 is 14.8 Å². The highest BCUT2D eigenvalue weighted by Gasteiger charge is 2.24. The molecule has 0 heterocycles.